The minimum atomic E-state index is -0.496. The summed E-state index contributed by atoms with van der Waals surface area (Å²) < 4.78 is 5.04. The fourth-order valence-corrected chi connectivity index (χ4v) is 2.91. The van der Waals surface area contributed by atoms with Crippen LogP contribution in [0.15, 0.2) is 24.3 Å². The number of carbonyl (C=O) groups excluding carboxylic acids is 1. The van der Waals surface area contributed by atoms with Crippen molar-refractivity contribution >= 4 is 5.97 Å². The molecule has 1 aromatic carbocycles. The first-order valence-electron chi connectivity index (χ1n) is 6.66. The lowest BCUT2D eigenvalue weighted by Crippen LogP contribution is -2.57. The van der Waals surface area contributed by atoms with Crippen LogP contribution in [-0.4, -0.2) is 24.7 Å². The van der Waals surface area contributed by atoms with Crippen molar-refractivity contribution in [3.05, 3.63) is 35.4 Å². The molecule has 3 nitrogen and oxygen atoms in total. The molecular formula is C15H19NO2. The van der Waals surface area contributed by atoms with Crippen molar-refractivity contribution in [2.24, 2.45) is 0 Å². The van der Waals surface area contributed by atoms with E-state index in [1.54, 1.807) is 0 Å². The van der Waals surface area contributed by atoms with E-state index in [1.165, 1.54) is 31.1 Å². The van der Waals surface area contributed by atoms with Crippen LogP contribution in [0.5, 0.6) is 0 Å². The zero-order chi connectivity index (χ0) is 12.6. The number of fused-ring (bicyclic) bond motifs is 1. The summed E-state index contributed by atoms with van der Waals surface area (Å²) >= 11 is 0. The zero-order valence-electron chi connectivity index (χ0n) is 10.7. The topological polar surface area (TPSA) is 38.3 Å². The van der Waals surface area contributed by atoms with Gasteiger partial charge >= 0.3 is 5.97 Å². The van der Waals surface area contributed by atoms with Gasteiger partial charge in [-0.25, -0.2) is 0 Å². The van der Waals surface area contributed by atoms with Gasteiger partial charge in [0.1, 0.15) is 5.54 Å². The van der Waals surface area contributed by atoms with E-state index in [4.69, 9.17) is 4.74 Å². The van der Waals surface area contributed by atoms with Gasteiger partial charge in [-0.1, -0.05) is 24.3 Å². The number of hydrogen-bond donors (Lipinski definition) is 1. The van der Waals surface area contributed by atoms with Gasteiger partial charge in [-0.2, -0.15) is 0 Å². The summed E-state index contributed by atoms with van der Waals surface area (Å²) in [5, 5.41) is 3.52. The van der Waals surface area contributed by atoms with Gasteiger partial charge in [0, 0.05) is 12.5 Å². The average molecular weight is 245 g/mol. The van der Waals surface area contributed by atoms with Crippen LogP contribution in [0.25, 0.3) is 0 Å². The van der Waals surface area contributed by atoms with Gasteiger partial charge < -0.3 is 4.74 Å². The molecule has 0 aliphatic heterocycles. The molecule has 0 heterocycles. The van der Waals surface area contributed by atoms with Crippen LogP contribution >= 0.6 is 0 Å². The molecule has 1 saturated carbocycles. The molecule has 1 N–H and O–H groups in total. The van der Waals surface area contributed by atoms with E-state index in [2.05, 4.69) is 23.5 Å². The largest absolute Gasteiger partial charge is 0.468 e. The third-order valence-electron chi connectivity index (χ3n) is 4.07. The van der Waals surface area contributed by atoms with Crippen LogP contribution in [0.1, 0.15) is 30.4 Å². The molecule has 0 aromatic heterocycles. The van der Waals surface area contributed by atoms with Gasteiger partial charge in [0.25, 0.3) is 0 Å². The second-order valence-corrected chi connectivity index (χ2v) is 5.44. The average Bonchev–Trinajstić information content (AvgIpc) is 3.21. The first-order valence-corrected chi connectivity index (χ1v) is 6.66. The molecule has 18 heavy (non-hydrogen) atoms. The van der Waals surface area contributed by atoms with E-state index in [9.17, 15) is 4.79 Å². The van der Waals surface area contributed by atoms with Crippen LogP contribution in [0.4, 0.5) is 0 Å². The molecule has 0 saturated heterocycles. The molecule has 1 unspecified atom stereocenters. The number of carbonyl (C=O) groups is 1. The molecule has 2 aliphatic carbocycles. The molecule has 96 valence electrons. The Balaban J connectivity index is 1.89. The molecule has 0 bridgehead atoms. The van der Waals surface area contributed by atoms with Gasteiger partial charge in [0.15, 0.2) is 0 Å². The maximum atomic E-state index is 12.2. The van der Waals surface area contributed by atoms with E-state index in [0.29, 0.717) is 6.04 Å². The Morgan fingerprint density at radius 2 is 2.06 bits per heavy atom. The van der Waals surface area contributed by atoms with Gasteiger partial charge in [0.2, 0.25) is 0 Å². The summed E-state index contributed by atoms with van der Waals surface area (Å²) in [4.78, 5) is 12.2. The first kappa shape index (κ1) is 11.7. The maximum absolute atomic E-state index is 12.2. The van der Waals surface area contributed by atoms with Crippen LogP contribution in [0.3, 0.4) is 0 Å². The predicted octanol–water partition coefficient (Wildman–Crippen LogP) is 1.84. The summed E-state index contributed by atoms with van der Waals surface area (Å²) in [6, 6.07) is 8.91. The predicted molar refractivity (Wildman–Crippen MR) is 69.4 cm³/mol. The monoisotopic (exact) mass is 245 g/mol. The van der Waals surface area contributed by atoms with Crippen molar-refractivity contribution in [2.75, 3.05) is 7.11 Å². The summed E-state index contributed by atoms with van der Waals surface area (Å²) in [7, 11) is 1.49. The fourth-order valence-electron chi connectivity index (χ4n) is 2.91. The zero-order valence-corrected chi connectivity index (χ0v) is 10.7. The highest BCUT2D eigenvalue weighted by molar-refractivity contribution is 5.82. The number of aryl methyl sites for hydroxylation is 1. The number of rotatable bonds is 3. The highest BCUT2D eigenvalue weighted by Crippen LogP contribution is 2.33. The molecule has 1 atom stereocenters. The quantitative estimate of drug-likeness (QED) is 0.826. The summed E-state index contributed by atoms with van der Waals surface area (Å²) in [5.41, 5.74) is 2.15. The first-order chi connectivity index (χ1) is 8.73. The SMILES string of the molecule is COC(=O)C1(NC2CC2)CCc2ccccc2C1. The standard InChI is InChI=1S/C15H19NO2/c1-18-14(17)15(16-13-6-7-13)9-8-11-4-2-3-5-12(11)10-15/h2-5,13,16H,6-10H2,1H3. The Morgan fingerprint density at radius 1 is 1.33 bits per heavy atom. The molecule has 1 aromatic rings. The Kier molecular flexibility index (Phi) is 2.86. The van der Waals surface area contributed by atoms with Crippen LogP contribution in [0.2, 0.25) is 0 Å². The Hall–Kier alpha value is -1.35. The number of methoxy groups -OCH3 is 1. The van der Waals surface area contributed by atoms with Crippen molar-refractivity contribution in [3.8, 4) is 0 Å². The lowest BCUT2D eigenvalue weighted by molar-refractivity contribution is -0.149. The Labute approximate surface area is 108 Å². The lowest BCUT2D eigenvalue weighted by Gasteiger charge is -2.36. The van der Waals surface area contributed by atoms with Crippen LogP contribution in [0, 0.1) is 0 Å². The summed E-state index contributed by atoms with van der Waals surface area (Å²) in [5.74, 6) is -0.107. The highest BCUT2D eigenvalue weighted by Gasteiger charge is 2.45. The van der Waals surface area contributed by atoms with E-state index < -0.39 is 5.54 Å². The van der Waals surface area contributed by atoms with Crippen molar-refractivity contribution in [1.29, 1.82) is 0 Å². The van der Waals surface area contributed by atoms with Gasteiger partial charge in [-0.3, -0.25) is 10.1 Å². The Morgan fingerprint density at radius 3 is 2.72 bits per heavy atom. The fraction of sp³-hybridized carbons (Fsp3) is 0.533. The van der Waals surface area contributed by atoms with Crippen molar-refractivity contribution in [1.82, 2.24) is 5.32 Å². The van der Waals surface area contributed by atoms with Gasteiger partial charge in [0.05, 0.1) is 7.11 Å². The van der Waals surface area contributed by atoms with E-state index in [0.717, 1.165) is 19.3 Å². The highest BCUT2D eigenvalue weighted by atomic mass is 16.5. The second-order valence-electron chi connectivity index (χ2n) is 5.44. The molecule has 0 spiro atoms. The molecule has 3 rings (SSSR count). The minimum Gasteiger partial charge on any atom is -0.468 e. The van der Waals surface area contributed by atoms with E-state index in [-0.39, 0.29) is 5.97 Å². The molecule has 0 radical (unpaired) electrons. The van der Waals surface area contributed by atoms with Crippen molar-refractivity contribution in [2.45, 2.75) is 43.7 Å². The third kappa shape index (κ3) is 2.03. The van der Waals surface area contributed by atoms with Crippen LogP contribution < -0.4 is 5.32 Å². The number of esters is 1. The lowest BCUT2D eigenvalue weighted by atomic mass is 9.77. The molecule has 3 heteroatoms. The third-order valence-corrected chi connectivity index (χ3v) is 4.07. The Bertz CT molecular complexity index is 467. The summed E-state index contributed by atoms with van der Waals surface area (Å²) in [6.45, 7) is 0. The number of hydrogen-bond acceptors (Lipinski definition) is 3. The number of benzene rings is 1. The van der Waals surface area contributed by atoms with E-state index in [1.807, 2.05) is 6.07 Å². The number of nitrogens with one attached hydrogen (secondary N) is 1. The van der Waals surface area contributed by atoms with Gasteiger partial charge in [-0.15, -0.1) is 0 Å². The molecule has 2 aliphatic rings. The molecular weight excluding hydrogens is 226 g/mol. The normalized spacial score (nSPS) is 26.5. The van der Waals surface area contributed by atoms with Crippen molar-refractivity contribution < 1.29 is 9.53 Å². The van der Waals surface area contributed by atoms with E-state index >= 15 is 0 Å². The van der Waals surface area contributed by atoms with Gasteiger partial charge in [-0.05, 0) is 36.8 Å². The number of ether oxygens (including phenoxy) is 1. The second kappa shape index (κ2) is 4.39. The maximum Gasteiger partial charge on any atom is 0.326 e. The summed E-state index contributed by atoms with van der Waals surface area (Å²) in [6.07, 6.45) is 4.91. The van der Waals surface area contributed by atoms with Crippen LogP contribution in [-0.2, 0) is 22.4 Å². The minimum absolute atomic E-state index is 0.107. The molecule has 1 fully saturated rings. The van der Waals surface area contributed by atoms with Crippen molar-refractivity contribution in [3.63, 3.8) is 0 Å². The smallest absolute Gasteiger partial charge is 0.326 e. The molecule has 0 amide bonds.